The van der Waals surface area contributed by atoms with E-state index >= 15 is 0 Å². The molecule has 0 amide bonds. The number of hydrogen-bond donors (Lipinski definition) is 1. The molecule has 0 aliphatic carbocycles. The topological polar surface area (TPSA) is 38.1 Å². The van der Waals surface area contributed by atoms with Gasteiger partial charge in [-0.05, 0) is 20.3 Å². The number of aliphatic hydroxyl groups excluding tert-OH is 1. The lowest BCUT2D eigenvalue weighted by molar-refractivity contribution is 0.169. The molecule has 76 valence electrons. The van der Waals surface area contributed by atoms with Gasteiger partial charge in [-0.15, -0.1) is 12.3 Å². The number of rotatable bonds is 4. The third kappa shape index (κ3) is 2.61. The Kier molecular flexibility index (Phi) is 3.73. The highest BCUT2D eigenvalue weighted by Gasteiger charge is 2.09. The summed E-state index contributed by atoms with van der Waals surface area (Å²) in [5.74, 6) is 2.51. The lowest BCUT2D eigenvalue weighted by atomic mass is 10.1. The summed E-state index contributed by atoms with van der Waals surface area (Å²) in [6, 6.07) is 0.323. The largest absolute Gasteiger partial charge is 0.388 e. The van der Waals surface area contributed by atoms with Crippen LogP contribution in [0.3, 0.4) is 0 Å². The smallest absolute Gasteiger partial charge is 0.0829 e. The second-order valence-electron chi connectivity index (χ2n) is 3.61. The van der Waals surface area contributed by atoms with Crippen LogP contribution in [0.25, 0.3) is 0 Å². The van der Waals surface area contributed by atoms with Crippen LogP contribution in [0.15, 0.2) is 12.4 Å². The normalized spacial score (nSPS) is 12.8. The van der Waals surface area contributed by atoms with Gasteiger partial charge in [0, 0.05) is 24.2 Å². The molecule has 0 radical (unpaired) electrons. The minimum absolute atomic E-state index is 0.323. The first kappa shape index (κ1) is 10.8. The molecule has 14 heavy (non-hydrogen) atoms. The fourth-order valence-corrected chi connectivity index (χ4v) is 1.19. The molecule has 1 atom stereocenters. The van der Waals surface area contributed by atoms with Crippen molar-refractivity contribution in [1.82, 2.24) is 9.78 Å². The first-order valence-electron chi connectivity index (χ1n) is 4.80. The molecule has 0 bridgehead atoms. The van der Waals surface area contributed by atoms with Gasteiger partial charge in [-0.3, -0.25) is 4.68 Å². The van der Waals surface area contributed by atoms with Crippen LogP contribution in [0, 0.1) is 12.3 Å². The van der Waals surface area contributed by atoms with E-state index in [1.54, 1.807) is 6.20 Å². The lowest BCUT2D eigenvalue weighted by Gasteiger charge is -2.06. The van der Waals surface area contributed by atoms with E-state index in [0.29, 0.717) is 18.9 Å². The van der Waals surface area contributed by atoms with E-state index in [9.17, 15) is 5.11 Å². The van der Waals surface area contributed by atoms with Crippen molar-refractivity contribution in [2.45, 2.75) is 38.8 Å². The molecule has 1 heterocycles. The predicted octanol–water partition coefficient (Wildman–Crippen LogP) is 1.91. The van der Waals surface area contributed by atoms with E-state index in [1.165, 1.54) is 0 Å². The molecule has 1 rings (SSSR count). The summed E-state index contributed by atoms with van der Waals surface area (Å²) in [5.41, 5.74) is 0.842. The fraction of sp³-hybridized carbons (Fsp3) is 0.545. The maximum absolute atomic E-state index is 9.70. The molecule has 1 aromatic rings. The van der Waals surface area contributed by atoms with Crippen molar-refractivity contribution in [1.29, 1.82) is 0 Å². The second kappa shape index (κ2) is 4.83. The third-order valence-electron chi connectivity index (χ3n) is 2.10. The Morgan fingerprint density at radius 2 is 2.36 bits per heavy atom. The Hall–Kier alpha value is -1.27. The van der Waals surface area contributed by atoms with Gasteiger partial charge < -0.3 is 5.11 Å². The zero-order chi connectivity index (χ0) is 10.6. The monoisotopic (exact) mass is 192 g/mol. The van der Waals surface area contributed by atoms with Crippen LogP contribution in [0.5, 0.6) is 0 Å². The molecule has 0 aliphatic rings. The van der Waals surface area contributed by atoms with Gasteiger partial charge in [0.2, 0.25) is 0 Å². The first-order valence-corrected chi connectivity index (χ1v) is 4.80. The summed E-state index contributed by atoms with van der Waals surface area (Å²) in [6.45, 7) is 4.09. The van der Waals surface area contributed by atoms with Crippen molar-refractivity contribution in [3.63, 3.8) is 0 Å². The number of aliphatic hydroxyl groups is 1. The Bertz CT molecular complexity index is 322. The molecule has 3 heteroatoms. The molecular weight excluding hydrogens is 176 g/mol. The first-order chi connectivity index (χ1) is 6.65. The molecule has 0 fully saturated rings. The zero-order valence-electron chi connectivity index (χ0n) is 8.64. The van der Waals surface area contributed by atoms with Crippen molar-refractivity contribution < 1.29 is 5.11 Å². The van der Waals surface area contributed by atoms with Crippen molar-refractivity contribution in [2.24, 2.45) is 0 Å². The molecule has 0 saturated carbocycles. The summed E-state index contributed by atoms with van der Waals surface area (Å²) in [6.07, 6.45) is 9.39. The van der Waals surface area contributed by atoms with Crippen molar-refractivity contribution in [3.05, 3.63) is 18.0 Å². The van der Waals surface area contributed by atoms with E-state index in [0.717, 1.165) is 5.56 Å². The van der Waals surface area contributed by atoms with E-state index < -0.39 is 6.10 Å². The minimum atomic E-state index is -0.487. The van der Waals surface area contributed by atoms with Crippen molar-refractivity contribution >= 4 is 0 Å². The molecule has 3 nitrogen and oxygen atoms in total. The van der Waals surface area contributed by atoms with Gasteiger partial charge in [-0.1, -0.05) is 0 Å². The zero-order valence-corrected chi connectivity index (χ0v) is 8.64. The Morgan fingerprint density at radius 1 is 1.64 bits per heavy atom. The van der Waals surface area contributed by atoms with Gasteiger partial charge in [0.25, 0.3) is 0 Å². The minimum Gasteiger partial charge on any atom is -0.388 e. The van der Waals surface area contributed by atoms with E-state index in [1.807, 2.05) is 24.7 Å². The highest BCUT2D eigenvalue weighted by molar-refractivity contribution is 5.08. The van der Waals surface area contributed by atoms with Crippen molar-refractivity contribution in [2.75, 3.05) is 0 Å². The Balaban J connectivity index is 2.62. The number of hydrogen-bond acceptors (Lipinski definition) is 2. The van der Waals surface area contributed by atoms with Gasteiger partial charge in [0.05, 0.1) is 12.3 Å². The third-order valence-corrected chi connectivity index (χ3v) is 2.10. The maximum Gasteiger partial charge on any atom is 0.0829 e. The lowest BCUT2D eigenvalue weighted by Crippen LogP contribution is -2.00. The average Bonchev–Trinajstić information content (AvgIpc) is 2.62. The molecule has 0 aromatic carbocycles. The summed E-state index contributed by atoms with van der Waals surface area (Å²) in [7, 11) is 0. The number of aromatic nitrogens is 2. The van der Waals surface area contributed by atoms with Crippen LogP contribution in [0.2, 0.25) is 0 Å². The molecular formula is C11H16N2O. The molecule has 1 N–H and O–H groups in total. The molecule has 0 saturated heterocycles. The quantitative estimate of drug-likeness (QED) is 0.740. The molecule has 0 spiro atoms. The Labute approximate surface area is 84.8 Å². The standard InChI is InChI=1S/C11H16N2O/c1-4-5-6-11(14)10-7-12-13(8-10)9(2)3/h1,7-9,11,14H,5-6H2,2-3H3. The van der Waals surface area contributed by atoms with Crippen LogP contribution in [-0.4, -0.2) is 14.9 Å². The van der Waals surface area contributed by atoms with E-state index in [-0.39, 0.29) is 0 Å². The summed E-state index contributed by atoms with van der Waals surface area (Å²) in [5, 5.41) is 13.8. The summed E-state index contributed by atoms with van der Waals surface area (Å²) in [4.78, 5) is 0. The number of nitrogens with zero attached hydrogens (tertiary/aromatic N) is 2. The molecule has 1 aromatic heterocycles. The number of terminal acetylenes is 1. The van der Waals surface area contributed by atoms with Crippen LogP contribution in [-0.2, 0) is 0 Å². The van der Waals surface area contributed by atoms with Crippen molar-refractivity contribution in [3.8, 4) is 12.3 Å². The van der Waals surface area contributed by atoms with Crippen LogP contribution in [0.4, 0.5) is 0 Å². The van der Waals surface area contributed by atoms with Gasteiger partial charge in [0.1, 0.15) is 0 Å². The second-order valence-corrected chi connectivity index (χ2v) is 3.61. The van der Waals surface area contributed by atoms with Crippen LogP contribution >= 0.6 is 0 Å². The Morgan fingerprint density at radius 3 is 2.86 bits per heavy atom. The predicted molar refractivity (Wildman–Crippen MR) is 55.6 cm³/mol. The van der Waals surface area contributed by atoms with Gasteiger partial charge in [-0.25, -0.2) is 0 Å². The van der Waals surface area contributed by atoms with E-state index in [4.69, 9.17) is 6.42 Å². The van der Waals surface area contributed by atoms with Crippen LogP contribution < -0.4 is 0 Å². The maximum atomic E-state index is 9.70. The van der Waals surface area contributed by atoms with Gasteiger partial charge in [-0.2, -0.15) is 5.10 Å². The SMILES string of the molecule is C#CCCC(O)c1cnn(C(C)C)c1. The van der Waals surface area contributed by atoms with Crippen LogP contribution in [0.1, 0.15) is 44.4 Å². The highest BCUT2D eigenvalue weighted by atomic mass is 16.3. The van der Waals surface area contributed by atoms with Gasteiger partial charge in [0.15, 0.2) is 0 Å². The van der Waals surface area contributed by atoms with E-state index in [2.05, 4.69) is 11.0 Å². The molecule has 1 unspecified atom stereocenters. The summed E-state index contributed by atoms with van der Waals surface area (Å²) >= 11 is 0. The summed E-state index contributed by atoms with van der Waals surface area (Å²) < 4.78 is 1.83. The average molecular weight is 192 g/mol. The molecule has 0 aliphatic heterocycles. The van der Waals surface area contributed by atoms with Gasteiger partial charge >= 0.3 is 0 Å². The highest BCUT2D eigenvalue weighted by Crippen LogP contribution is 2.18. The fourth-order valence-electron chi connectivity index (χ4n) is 1.19.